The molecule has 0 fully saturated rings. The molecule has 0 aliphatic heterocycles. The Balaban J connectivity index is 1.68. The van der Waals surface area contributed by atoms with Crippen molar-refractivity contribution in [3.63, 3.8) is 0 Å². The third-order valence-electron chi connectivity index (χ3n) is 5.06. The molecular formula is C22H22N2O4S. The van der Waals surface area contributed by atoms with E-state index in [1.54, 1.807) is 36.9 Å². The minimum absolute atomic E-state index is 0.413. The summed E-state index contributed by atoms with van der Waals surface area (Å²) < 4.78 is 16.3. The quantitative estimate of drug-likeness (QED) is 0.444. The van der Waals surface area contributed by atoms with Crippen LogP contribution in [0, 0.1) is 5.92 Å². The molecule has 1 aliphatic carbocycles. The molecule has 0 saturated carbocycles. The van der Waals surface area contributed by atoms with Crippen LogP contribution in [0.5, 0.6) is 17.4 Å². The van der Waals surface area contributed by atoms with Crippen LogP contribution in [-0.2, 0) is 22.4 Å². The zero-order valence-corrected chi connectivity index (χ0v) is 17.4. The van der Waals surface area contributed by atoms with E-state index >= 15 is 0 Å². The van der Waals surface area contributed by atoms with E-state index in [2.05, 4.69) is 21.6 Å². The molecule has 0 spiro atoms. The van der Waals surface area contributed by atoms with Gasteiger partial charge < -0.3 is 14.2 Å². The number of nitrogens with zero attached hydrogens (tertiary/aromatic N) is 2. The molecule has 0 radical (unpaired) electrons. The zero-order valence-electron chi connectivity index (χ0n) is 16.6. The fraction of sp³-hybridized carbons (Fsp3) is 0.318. The summed E-state index contributed by atoms with van der Waals surface area (Å²) in [6.07, 6.45) is 7.84. The van der Waals surface area contributed by atoms with E-state index in [4.69, 9.17) is 9.47 Å². The Morgan fingerprint density at radius 3 is 2.90 bits per heavy atom. The maximum absolute atomic E-state index is 11.3. The van der Waals surface area contributed by atoms with Crippen LogP contribution in [0.3, 0.4) is 0 Å². The zero-order chi connectivity index (χ0) is 20.4. The number of carbonyl (C=O) groups excluding carboxylic acids is 1. The Bertz CT molecular complexity index is 1090. The topological polar surface area (TPSA) is 70.5 Å². The molecule has 0 N–H and O–H groups in total. The van der Waals surface area contributed by atoms with Crippen LogP contribution in [0.2, 0.25) is 0 Å². The van der Waals surface area contributed by atoms with Crippen LogP contribution in [0.15, 0.2) is 30.6 Å². The number of aromatic nitrogens is 2. The third kappa shape index (κ3) is 3.96. The molecule has 0 saturated heterocycles. The molecule has 0 amide bonds. The lowest BCUT2D eigenvalue weighted by molar-refractivity contribution is -0.134. The summed E-state index contributed by atoms with van der Waals surface area (Å²) in [5.41, 5.74) is 2.12. The van der Waals surface area contributed by atoms with E-state index in [1.807, 2.05) is 12.1 Å². The molecule has 3 aromatic rings. The number of ether oxygens (including phenoxy) is 3. The Hall–Kier alpha value is -2.93. The van der Waals surface area contributed by atoms with Crippen LogP contribution >= 0.6 is 11.3 Å². The van der Waals surface area contributed by atoms with Crippen LogP contribution < -0.4 is 9.47 Å². The molecule has 1 unspecified atom stereocenters. The number of hydrogen-bond acceptors (Lipinski definition) is 7. The van der Waals surface area contributed by atoms with E-state index < -0.39 is 5.97 Å². The van der Waals surface area contributed by atoms with Gasteiger partial charge in [0.05, 0.1) is 19.6 Å². The van der Waals surface area contributed by atoms with Gasteiger partial charge in [0.2, 0.25) is 5.88 Å². The summed E-state index contributed by atoms with van der Waals surface area (Å²) in [6, 6.07) is 5.46. The first-order chi connectivity index (χ1) is 14.1. The van der Waals surface area contributed by atoms with E-state index in [1.165, 1.54) is 23.6 Å². The van der Waals surface area contributed by atoms with Crippen LogP contribution in [-0.4, -0.2) is 30.2 Å². The van der Waals surface area contributed by atoms with Crippen LogP contribution in [0.4, 0.5) is 0 Å². The van der Waals surface area contributed by atoms with E-state index in [-0.39, 0.29) is 0 Å². The van der Waals surface area contributed by atoms with E-state index in [0.29, 0.717) is 23.3 Å². The minimum atomic E-state index is -0.413. The SMILES string of the molecule is COC(=O)/C=C/c1ccc(Oc2ncnc3sc4c(c23)CCC(C)C4)c(OC)c1. The Morgan fingerprint density at radius 2 is 2.10 bits per heavy atom. The maximum atomic E-state index is 11.3. The average Bonchev–Trinajstić information content (AvgIpc) is 3.10. The first-order valence-corrected chi connectivity index (χ1v) is 10.3. The Labute approximate surface area is 173 Å². The fourth-order valence-corrected chi connectivity index (χ4v) is 4.87. The van der Waals surface area contributed by atoms with Crippen molar-refractivity contribution in [3.05, 3.63) is 46.6 Å². The number of hydrogen-bond donors (Lipinski definition) is 0. The molecule has 29 heavy (non-hydrogen) atoms. The fourth-order valence-electron chi connectivity index (χ4n) is 3.53. The summed E-state index contributed by atoms with van der Waals surface area (Å²) in [5, 5.41) is 1.01. The van der Waals surface area contributed by atoms with Gasteiger partial charge in [0.15, 0.2) is 11.5 Å². The smallest absolute Gasteiger partial charge is 0.330 e. The number of carbonyl (C=O) groups is 1. The normalized spacial score (nSPS) is 16.0. The molecule has 1 atom stereocenters. The van der Waals surface area contributed by atoms with E-state index in [9.17, 15) is 4.79 Å². The van der Waals surface area contributed by atoms with Crippen molar-refractivity contribution in [1.82, 2.24) is 9.97 Å². The summed E-state index contributed by atoms with van der Waals surface area (Å²) >= 11 is 1.74. The van der Waals surface area contributed by atoms with Gasteiger partial charge >= 0.3 is 5.97 Å². The Morgan fingerprint density at radius 1 is 1.24 bits per heavy atom. The number of methoxy groups -OCH3 is 2. The van der Waals surface area contributed by atoms with Crippen molar-refractivity contribution < 1.29 is 19.0 Å². The second-order valence-corrected chi connectivity index (χ2v) is 8.16. The molecule has 0 bridgehead atoms. The van der Waals surface area contributed by atoms with Crippen molar-refractivity contribution in [2.45, 2.75) is 26.2 Å². The number of thiophene rings is 1. The van der Waals surface area contributed by atoms with Gasteiger partial charge in [-0.15, -0.1) is 11.3 Å². The number of rotatable bonds is 5. The molecule has 1 aromatic carbocycles. The van der Waals surface area contributed by atoms with Gasteiger partial charge in [-0.1, -0.05) is 13.0 Å². The molecule has 4 rings (SSSR count). The van der Waals surface area contributed by atoms with Gasteiger partial charge in [-0.3, -0.25) is 0 Å². The lowest BCUT2D eigenvalue weighted by Gasteiger charge is -2.18. The highest BCUT2D eigenvalue weighted by Crippen LogP contribution is 2.42. The minimum Gasteiger partial charge on any atom is -0.493 e. The summed E-state index contributed by atoms with van der Waals surface area (Å²) in [4.78, 5) is 22.5. The highest BCUT2D eigenvalue weighted by atomic mass is 32.1. The van der Waals surface area contributed by atoms with Gasteiger partial charge in [-0.05, 0) is 54.5 Å². The molecule has 2 heterocycles. The Kier molecular flexibility index (Phi) is 5.49. The monoisotopic (exact) mass is 410 g/mol. The highest BCUT2D eigenvalue weighted by Gasteiger charge is 2.24. The first-order valence-electron chi connectivity index (χ1n) is 9.46. The molecule has 150 valence electrons. The third-order valence-corrected chi connectivity index (χ3v) is 6.23. The molecule has 1 aliphatic rings. The van der Waals surface area contributed by atoms with Gasteiger partial charge in [-0.2, -0.15) is 0 Å². The van der Waals surface area contributed by atoms with Crippen molar-refractivity contribution in [3.8, 4) is 17.4 Å². The maximum Gasteiger partial charge on any atom is 0.330 e. The van der Waals surface area contributed by atoms with Gasteiger partial charge in [-0.25, -0.2) is 14.8 Å². The first kappa shape index (κ1) is 19.4. The predicted molar refractivity (Wildman–Crippen MR) is 113 cm³/mol. The summed E-state index contributed by atoms with van der Waals surface area (Å²) in [6.45, 7) is 2.29. The molecular weight excluding hydrogens is 388 g/mol. The van der Waals surface area contributed by atoms with Gasteiger partial charge in [0.25, 0.3) is 0 Å². The second-order valence-electron chi connectivity index (χ2n) is 7.08. The molecule has 7 heteroatoms. The van der Waals surface area contributed by atoms with Gasteiger partial charge in [0.1, 0.15) is 11.2 Å². The average molecular weight is 410 g/mol. The number of esters is 1. The standard InChI is InChI=1S/C22H22N2O4S/c1-13-4-7-15-18(10-13)29-22-20(15)21(23-12-24-22)28-16-8-5-14(11-17(16)26-2)6-9-19(25)27-3/h5-6,8-9,11-13H,4,7,10H2,1-3H3/b9-6+. The second kappa shape index (κ2) is 8.21. The largest absolute Gasteiger partial charge is 0.493 e. The lowest BCUT2D eigenvalue weighted by atomic mass is 9.89. The van der Waals surface area contributed by atoms with Crippen LogP contribution in [0.25, 0.3) is 16.3 Å². The predicted octanol–water partition coefficient (Wildman–Crippen LogP) is 4.80. The summed E-state index contributed by atoms with van der Waals surface area (Å²) in [7, 11) is 2.93. The highest BCUT2D eigenvalue weighted by molar-refractivity contribution is 7.18. The van der Waals surface area contributed by atoms with Crippen molar-refractivity contribution in [2.75, 3.05) is 14.2 Å². The van der Waals surface area contributed by atoms with E-state index in [0.717, 1.165) is 35.0 Å². The number of aryl methyl sites for hydroxylation is 1. The molecule has 2 aromatic heterocycles. The van der Waals surface area contributed by atoms with Crippen molar-refractivity contribution in [2.24, 2.45) is 5.92 Å². The number of fused-ring (bicyclic) bond motifs is 3. The van der Waals surface area contributed by atoms with Crippen molar-refractivity contribution >= 4 is 33.6 Å². The van der Waals surface area contributed by atoms with Gasteiger partial charge in [0, 0.05) is 11.0 Å². The molecule has 6 nitrogen and oxygen atoms in total. The number of benzene rings is 1. The summed E-state index contributed by atoms with van der Waals surface area (Å²) in [5.74, 6) is 1.95. The van der Waals surface area contributed by atoms with Crippen molar-refractivity contribution in [1.29, 1.82) is 0 Å². The lowest BCUT2D eigenvalue weighted by Crippen LogP contribution is -2.08. The van der Waals surface area contributed by atoms with Crippen LogP contribution in [0.1, 0.15) is 29.3 Å².